The van der Waals surface area contributed by atoms with E-state index in [1.165, 1.54) is 5.56 Å². The second-order valence-corrected chi connectivity index (χ2v) is 3.26. The third-order valence-corrected chi connectivity index (χ3v) is 2.38. The van der Waals surface area contributed by atoms with Gasteiger partial charge in [0, 0.05) is 18.3 Å². The first-order valence-corrected chi connectivity index (χ1v) is 4.85. The van der Waals surface area contributed by atoms with Crippen LogP contribution in [0.25, 0.3) is 0 Å². The maximum absolute atomic E-state index is 5.41. The Morgan fingerprint density at radius 2 is 2.29 bits per heavy atom. The van der Waals surface area contributed by atoms with Crippen LogP contribution in [0, 0.1) is 0 Å². The molecule has 0 fully saturated rings. The van der Waals surface area contributed by atoms with Gasteiger partial charge in [-0.3, -0.25) is 4.98 Å². The zero-order valence-electron chi connectivity index (χ0n) is 8.18. The largest absolute Gasteiger partial charge is 0.469 e. The van der Waals surface area contributed by atoms with Crippen molar-refractivity contribution in [3.63, 3.8) is 0 Å². The quantitative estimate of drug-likeness (QED) is 0.737. The number of nitrogens with zero attached hydrogens (tertiary/aromatic N) is 1. The molecule has 0 aliphatic rings. The molecule has 0 radical (unpaired) electrons. The van der Waals surface area contributed by atoms with E-state index in [2.05, 4.69) is 18.0 Å². The fourth-order valence-electron chi connectivity index (χ4n) is 1.67. The summed E-state index contributed by atoms with van der Waals surface area (Å²) in [6.07, 6.45) is 6.43. The predicted octanol–water partition coefficient (Wildman–Crippen LogP) is 3.22. The minimum absolute atomic E-state index is 0.332. The van der Waals surface area contributed by atoms with E-state index in [0.29, 0.717) is 5.92 Å². The third-order valence-electron chi connectivity index (χ3n) is 2.38. The van der Waals surface area contributed by atoms with Crippen LogP contribution in [0.2, 0.25) is 0 Å². The van der Waals surface area contributed by atoms with E-state index in [0.717, 1.165) is 12.2 Å². The highest BCUT2D eigenvalue weighted by atomic mass is 16.3. The monoisotopic (exact) mass is 187 g/mol. The van der Waals surface area contributed by atoms with Crippen molar-refractivity contribution in [3.8, 4) is 0 Å². The van der Waals surface area contributed by atoms with E-state index in [1.54, 1.807) is 12.5 Å². The molecule has 2 nitrogen and oxygen atoms in total. The predicted molar refractivity (Wildman–Crippen MR) is 55.1 cm³/mol. The lowest BCUT2D eigenvalue weighted by atomic mass is 9.96. The summed E-state index contributed by atoms with van der Waals surface area (Å²) >= 11 is 0. The van der Waals surface area contributed by atoms with Crippen LogP contribution < -0.4 is 0 Å². The zero-order valence-corrected chi connectivity index (χ0v) is 8.18. The summed E-state index contributed by atoms with van der Waals surface area (Å²) in [5, 5.41) is 0. The Hall–Kier alpha value is -1.57. The number of pyridine rings is 1. The molecule has 0 aliphatic heterocycles. The fourth-order valence-corrected chi connectivity index (χ4v) is 1.67. The van der Waals surface area contributed by atoms with Gasteiger partial charge in [0.15, 0.2) is 0 Å². The van der Waals surface area contributed by atoms with Crippen molar-refractivity contribution >= 4 is 0 Å². The first-order valence-electron chi connectivity index (χ1n) is 4.85. The number of furan rings is 1. The average Bonchev–Trinajstić information content (AvgIpc) is 2.74. The lowest BCUT2D eigenvalue weighted by Gasteiger charge is -2.11. The first kappa shape index (κ1) is 9.00. The number of hydrogen-bond acceptors (Lipinski definition) is 2. The first-order chi connectivity index (χ1) is 6.92. The highest BCUT2D eigenvalue weighted by Gasteiger charge is 2.13. The van der Waals surface area contributed by atoms with Crippen LogP contribution in [0.15, 0.2) is 47.3 Å². The Morgan fingerprint density at radius 1 is 1.36 bits per heavy atom. The van der Waals surface area contributed by atoms with Gasteiger partial charge in [-0.25, -0.2) is 0 Å². The normalized spacial score (nSPS) is 12.6. The smallest absolute Gasteiger partial charge is 0.111 e. The second-order valence-electron chi connectivity index (χ2n) is 3.26. The van der Waals surface area contributed by atoms with Crippen molar-refractivity contribution in [2.24, 2.45) is 0 Å². The molecule has 14 heavy (non-hydrogen) atoms. The molecule has 2 heterocycles. The molecule has 0 aromatic carbocycles. The summed E-state index contributed by atoms with van der Waals surface area (Å²) in [5.41, 5.74) is 1.21. The van der Waals surface area contributed by atoms with E-state index in [1.807, 2.05) is 24.4 Å². The summed E-state index contributed by atoms with van der Waals surface area (Å²) in [6.45, 7) is 2.15. The Balaban J connectivity index is 2.31. The maximum Gasteiger partial charge on any atom is 0.111 e. The minimum Gasteiger partial charge on any atom is -0.469 e. The van der Waals surface area contributed by atoms with Crippen LogP contribution in [-0.2, 0) is 0 Å². The lowest BCUT2D eigenvalue weighted by Crippen LogP contribution is -1.98. The summed E-state index contributed by atoms with van der Waals surface area (Å²) in [6, 6.07) is 7.99. The maximum atomic E-state index is 5.41. The lowest BCUT2D eigenvalue weighted by molar-refractivity contribution is 0.480. The highest BCUT2D eigenvalue weighted by Crippen LogP contribution is 2.26. The summed E-state index contributed by atoms with van der Waals surface area (Å²) in [7, 11) is 0. The highest BCUT2D eigenvalue weighted by molar-refractivity contribution is 5.23. The van der Waals surface area contributed by atoms with E-state index in [4.69, 9.17) is 4.42 Å². The van der Waals surface area contributed by atoms with Crippen LogP contribution in [0.5, 0.6) is 0 Å². The molecule has 72 valence electrons. The van der Waals surface area contributed by atoms with Gasteiger partial charge in [0.25, 0.3) is 0 Å². The number of hydrogen-bond donors (Lipinski definition) is 0. The molecule has 1 unspecified atom stereocenters. The molecular formula is C12H13NO. The molecule has 0 saturated carbocycles. The Kier molecular flexibility index (Phi) is 2.63. The topological polar surface area (TPSA) is 26.0 Å². The Bertz CT molecular complexity index is 366. The summed E-state index contributed by atoms with van der Waals surface area (Å²) < 4.78 is 5.41. The van der Waals surface area contributed by atoms with Crippen molar-refractivity contribution in [2.75, 3.05) is 0 Å². The second kappa shape index (κ2) is 4.09. The molecule has 2 aromatic heterocycles. The van der Waals surface area contributed by atoms with Gasteiger partial charge in [-0.2, -0.15) is 0 Å². The van der Waals surface area contributed by atoms with E-state index >= 15 is 0 Å². The van der Waals surface area contributed by atoms with Gasteiger partial charge < -0.3 is 4.42 Å². The van der Waals surface area contributed by atoms with E-state index in [9.17, 15) is 0 Å². The van der Waals surface area contributed by atoms with E-state index in [-0.39, 0.29) is 0 Å². The fraction of sp³-hybridized carbons (Fsp3) is 0.250. The van der Waals surface area contributed by atoms with Gasteiger partial charge in [0.2, 0.25) is 0 Å². The van der Waals surface area contributed by atoms with Gasteiger partial charge in [-0.15, -0.1) is 0 Å². The molecule has 0 amide bonds. The van der Waals surface area contributed by atoms with E-state index < -0.39 is 0 Å². The third kappa shape index (κ3) is 1.69. The minimum atomic E-state index is 0.332. The van der Waals surface area contributed by atoms with Gasteiger partial charge in [0.05, 0.1) is 6.26 Å². The number of rotatable bonds is 3. The van der Waals surface area contributed by atoms with Crippen molar-refractivity contribution in [1.82, 2.24) is 4.98 Å². The van der Waals surface area contributed by atoms with Gasteiger partial charge >= 0.3 is 0 Å². The molecule has 0 N–H and O–H groups in total. The van der Waals surface area contributed by atoms with Crippen LogP contribution in [0.4, 0.5) is 0 Å². The summed E-state index contributed by atoms with van der Waals surface area (Å²) in [4.78, 5) is 4.12. The molecular weight excluding hydrogens is 174 g/mol. The molecule has 1 atom stereocenters. The van der Waals surface area contributed by atoms with Crippen molar-refractivity contribution in [2.45, 2.75) is 19.3 Å². The molecule has 2 heteroatoms. The Labute approximate surface area is 83.6 Å². The number of aromatic nitrogens is 1. The van der Waals surface area contributed by atoms with Crippen LogP contribution >= 0.6 is 0 Å². The SMILES string of the molecule is CCC(c1cccnc1)c1ccco1. The Morgan fingerprint density at radius 3 is 2.86 bits per heavy atom. The van der Waals surface area contributed by atoms with Crippen molar-refractivity contribution < 1.29 is 4.42 Å². The molecule has 0 saturated heterocycles. The van der Waals surface area contributed by atoms with Crippen LogP contribution in [0.1, 0.15) is 30.6 Å². The van der Waals surface area contributed by atoms with Gasteiger partial charge in [-0.1, -0.05) is 13.0 Å². The summed E-state index contributed by atoms with van der Waals surface area (Å²) in [5.74, 6) is 1.35. The molecule has 0 aliphatic carbocycles. The molecule has 0 bridgehead atoms. The van der Waals surface area contributed by atoms with Crippen molar-refractivity contribution in [3.05, 3.63) is 54.2 Å². The molecule has 2 aromatic rings. The standard InChI is InChI=1S/C12H13NO/c1-2-11(12-6-4-8-14-12)10-5-3-7-13-9-10/h3-9,11H,2H2,1H3. The van der Waals surface area contributed by atoms with Crippen LogP contribution in [0.3, 0.4) is 0 Å². The van der Waals surface area contributed by atoms with Gasteiger partial charge in [0.1, 0.15) is 5.76 Å². The molecule has 2 rings (SSSR count). The molecule has 0 spiro atoms. The van der Waals surface area contributed by atoms with Crippen LogP contribution in [-0.4, -0.2) is 4.98 Å². The average molecular weight is 187 g/mol. The van der Waals surface area contributed by atoms with Gasteiger partial charge in [-0.05, 0) is 30.2 Å². The zero-order chi connectivity index (χ0) is 9.80. The van der Waals surface area contributed by atoms with Crippen molar-refractivity contribution in [1.29, 1.82) is 0 Å².